The van der Waals surface area contributed by atoms with Gasteiger partial charge in [-0.3, -0.25) is 4.90 Å². The fraction of sp³-hybridized carbons (Fsp3) is 0.500. The first-order valence-corrected chi connectivity index (χ1v) is 12.6. The number of benzene rings is 1. The fourth-order valence-corrected chi connectivity index (χ4v) is 4.31. The number of imidazole rings is 1. The van der Waals surface area contributed by atoms with Crippen molar-refractivity contribution in [3.63, 3.8) is 0 Å². The molecule has 4 heterocycles. The molecule has 2 aliphatic heterocycles. The summed E-state index contributed by atoms with van der Waals surface area (Å²) in [5, 5.41) is 12.9. The molecule has 0 aliphatic carbocycles. The van der Waals surface area contributed by atoms with Gasteiger partial charge < -0.3 is 29.6 Å². The highest BCUT2D eigenvalue weighted by atomic mass is 19.1. The maximum absolute atomic E-state index is 13.6. The van der Waals surface area contributed by atoms with E-state index in [0.29, 0.717) is 42.1 Å². The Balaban J connectivity index is 1.34. The lowest BCUT2D eigenvalue weighted by Gasteiger charge is -2.35. The molecule has 2 aliphatic rings. The van der Waals surface area contributed by atoms with Crippen molar-refractivity contribution in [1.29, 1.82) is 0 Å². The number of aromatic nitrogens is 4. The van der Waals surface area contributed by atoms with E-state index in [4.69, 9.17) is 24.2 Å². The van der Waals surface area contributed by atoms with Crippen LogP contribution in [0.4, 0.5) is 10.3 Å². The predicted molar refractivity (Wildman–Crippen MR) is 135 cm³/mol. The molecule has 0 saturated carbocycles. The molecule has 3 aromatic rings. The third kappa shape index (κ3) is 6.31. The molecule has 0 spiro atoms. The SMILES string of the molecule is CC1(CO)COC(c2nc(-c3ccc(F)cc3)c(-c3ccnc(NCCCN4CCOCC4)n3)[nH]2)OC1. The summed E-state index contributed by atoms with van der Waals surface area (Å²) in [5.74, 6) is 0.673. The molecule has 10 nitrogen and oxygen atoms in total. The van der Waals surface area contributed by atoms with Gasteiger partial charge in [-0.05, 0) is 43.3 Å². The number of aliphatic hydroxyl groups is 1. The van der Waals surface area contributed by atoms with Gasteiger partial charge in [0.2, 0.25) is 12.2 Å². The molecule has 1 aromatic carbocycles. The molecule has 0 unspecified atom stereocenters. The summed E-state index contributed by atoms with van der Waals surface area (Å²) in [7, 11) is 0. The smallest absolute Gasteiger partial charge is 0.223 e. The summed E-state index contributed by atoms with van der Waals surface area (Å²) in [5.41, 5.74) is 2.17. The Labute approximate surface area is 215 Å². The van der Waals surface area contributed by atoms with Crippen LogP contribution in [-0.4, -0.2) is 89.2 Å². The standard InChI is InChI=1S/C26H33FN6O4/c1-26(15-34)16-36-24(37-17-26)23-31-21(18-3-5-19(27)6-4-18)22(32-23)20-7-9-29-25(30-20)28-8-2-10-33-11-13-35-14-12-33/h3-7,9,24,34H,2,8,10-17H2,1H3,(H,31,32)(H,28,29,30). The monoisotopic (exact) mass is 512 g/mol. The van der Waals surface area contributed by atoms with Crippen LogP contribution in [0.15, 0.2) is 36.5 Å². The number of hydrogen-bond acceptors (Lipinski definition) is 9. The number of ether oxygens (including phenoxy) is 3. The van der Waals surface area contributed by atoms with Crippen LogP contribution in [0.2, 0.25) is 0 Å². The largest absolute Gasteiger partial charge is 0.396 e. The van der Waals surface area contributed by atoms with Gasteiger partial charge in [-0.1, -0.05) is 6.92 Å². The second-order valence-electron chi connectivity index (χ2n) is 9.78. The van der Waals surface area contributed by atoms with Crippen LogP contribution in [-0.2, 0) is 14.2 Å². The van der Waals surface area contributed by atoms with E-state index in [1.54, 1.807) is 24.4 Å². The van der Waals surface area contributed by atoms with Gasteiger partial charge in [0.15, 0.2) is 5.82 Å². The molecule has 0 bridgehead atoms. The summed E-state index contributed by atoms with van der Waals surface area (Å²) in [6.07, 6.45) is 1.94. The van der Waals surface area contributed by atoms with Crippen LogP contribution in [0.25, 0.3) is 22.6 Å². The minimum absolute atomic E-state index is 0.0346. The van der Waals surface area contributed by atoms with Crippen LogP contribution < -0.4 is 5.32 Å². The first-order valence-electron chi connectivity index (χ1n) is 12.6. The molecular weight excluding hydrogens is 479 g/mol. The van der Waals surface area contributed by atoms with E-state index in [0.717, 1.165) is 51.4 Å². The van der Waals surface area contributed by atoms with Crippen molar-refractivity contribution < 1.29 is 23.7 Å². The second kappa shape index (κ2) is 11.6. The summed E-state index contributed by atoms with van der Waals surface area (Å²) in [6, 6.07) is 7.95. The van der Waals surface area contributed by atoms with Gasteiger partial charge in [0.1, 0.15) is 5.82 Å². The van der Waals surface area contributed by atoms with Gasteiger partial charge in [-0.2, -0.15) is 0 Å². The molecule has 37 heavy (non-hydrogen) atoms. The van der Waals surface area contributed by atoms with Crippen molar-refractivity contribution in [2.75, 3.05) is 64.5 Å². The van der Waals surface area contributed by atoms with Gasteiger partial charge in [0.25, 0.3) is 0 Å². The highest BCUT2D eigenvalue weighted by Gasteiger charge is 2.34. The van der Waals surface area contributed by atoms with Crippen LogP contribution in [0.5, 0.6) is 0 Å². The summed E-state index contributed by atoms with van der Waals surface area (Å²) < 4.78 is 30.8. The van der Waals surface area contributed by atoms with E-state index in [1.807, 2.05) is 6.92 Å². The highest BCUT2D eigenvalue weighted by molar-refractivity contribution is 5.77. The Morgan fingerprint density at radius 3 is 2.62 bits per heavy atom. The highest BCUT2D eigenvalue weighted by Crippen LogP contribution is 2.35. The van der Waals surface area contributed by atoms with Gasteiger partial charge >= 0.3 is 0 Å². The Kier molecular flexibility index (Phi) is 8.06. The minimum atomic E-state index is -0.716. The summed E-state index contributed by atoms with van der Waals surface area (Å²) in [6.45, 7) is 7.78. The fourth-order valence-electron chi connectivity index (χ4n) is 4.31. The van der Waals surface area contributed by atoms with Gasteiger partial charge in [-0.25, -0.2) is 19.3 Å². The number of nitrogens with one attached hydrogen (secondary N) is 2. The topological polar surface area (TPSA) is 118 Å². The number of halogens is 1. The van der Waals surface area contributed by atoms with Gasteiger partial charge in [-0.15, -0.1) is 0 Å². The summed E-state index contributed by atoms with van der Waals surface area (Å²) >= 11 is 0. The zero-order valence-corrected chi connectivity index (χ0v) is 21.0. The molecule has 0 amide bonds. The number of rotatable bonds is 9. The van der Waals surface area contributed by atoms with Crippen LogP contribution in [0.3, 0.4) is 0 Å². The summed E-state index contributed by atoms with van der Waals surface area (Å²) in [4.78, 5) is 19.5. The van der Waals surface area contributed by atoms with E-state index in [9.17, 15) is 9.50 Å². The van der Waals surface area contributed by atoms with Crippen LogP contribution >= 0.6 is 0 Å². The molecule has 11 heteroatoms. The third-order valence-corrected chi connectivity index (χ3v) is 6.56. The van der Waals surface area contributed by atoms with Crippen molar-refractivity contribution in [2.24, 2.45) is 5.41 Å². The van der Waals surface area contributed by atoms with E-state index in [-0.39, 0.29) is 12.4 Å². The van der Waals surface area contributed by atoms with E-state index in [2.05, 4.69) is 20.2 Å². The van der Waals surface area contributed by atoms with Crippen LogP contribution in [0.1, 0.15) is 25.5 Å². The Morgan fingerprint density at radius 1 is 1.14 bits per heavy atom. The molecular formula is C26H33FN6O4. The minimum Gasteiger partial charge on any atom is -0.396 e. The average molecular weight is 513 g/mol. The average Bonchev–Trinajstić information content (AvgIpc) is 3.38. The number of nitrogens with zero attached hydrogens (tertiary/aromatic N) is 4. The van der Waals surface area contributed by atoms with E-state index < -0.39 is 11.7 Å². The quantitative estimate of drug-likeness (QED) is 0.372. The molecule has 0 radical (unpaired) electrons. The lowest BCUT2D eigenvalue weighted by atomic mass is 9.94. The molecule has 3 N–H and O–H groups in total. The number of hydrogen-bond donors (Lipinski definition) is 3. The second-order valence-corrected chi connectivity index (χ2v) is 9.78. The van der Waals surface area contributed by atoms with Crippen molar-refractivity contribution in [1.82, 2.24) is 24.8 Å². The zero-order valence-electron chi connectivity index (χ0n) is 21.0. The number of morpholine rings is 1. The first-order chi connectivity index (χ1) is 18.0. The Hall–Kier alpha value is -2.96. The number of aromatic amines is 1. The lowest BCUT2D eigenvalue weighted by molar-refractivity contribution is -0.239. The van der Waals surface area contributed by atoms with Gasteiger partial charge in [0.05, 0.1) is 50.1 Å². The van der Waals surface area contributed by atoms with Crippen molar-refractivity contribution in [3.05, 3.63) is 48.2 Å². The van der Waals surface area contributed by atoms with E-state index in [1.165, 1.54) is 12.1 Å². The Bertz CT molecular complexity index is 1160. The molecule has 0 atom stereocenters. The molecule has 2 saturated heterocycles. The van der Waals surface area contributed by atoms with Gasteiger partial charge in [0, 0.05) is 36.8 Å². The number of H-pyrrole nitrogens is 1. The van der Waals surface area contributed by atoms with Crippen molar-refractivity contribution in [3.8, 4) is 22.6 Å². The van der Waals surface area contributed by atoms with E-state index >= 15 is 0 Å². The molecule has 5 rings (SSSR count). The zero-order chi connectivity index (χ0) is 25.7. The maximum Gasteiger partial charge on any atom is 0.223 e. The first kappa shape index (κ1) is 25.7. The molecule has 2 fully saturated rings. The van der Waals surface area contributed by atoms with Crippen molar-refractivity contribution in [2.45, 2.75) is 19.6 Å². The Morgan fingerprint density at radius 2 is 1.89 bits per heavy atom. The molecule has 2 aromatic heterocycles. The van der Waals surface area contributed by atoms with Crippen molar-refractivity contribution >= 4 is 5.95 Å². The third-order valence-electron chi connectivity index (χ3n) is 6.56. The normalized spacial score (nSPS) is 22.7. The lowest BCUT2D eigenvalue weighted by Crippen LogP contribution is -2.39. The number of anilines is 1. The van der Waals surface area contributed by atoms with Crippen LogP contribution in [0, 0.1) is 11.2 Å². The molecule has 198 valence electrons. The number of aliphatic hydroxyl groups excluding tert-OH is 1. The maximum atomic E-state index is 13.6. The predicted octanol–water partition coefficient (Wildman–Crippen LogP) is 2.85.